The molecule has 2 rings (SSSR count). The van der Waals surface area contributed by atoms with E-state index in [1.165, 1.54) is 25.9 Å². The monoisotopic (exact) mass is 221 g/mol. The molecule has 1 aromatic carbocycles. The van der Waals surface area contributed by atoms with E-state index in [-0.39, 0.29) is 5.48 Å². The number of hydrogen-bond donors (Lipinski definition) is 1. The Kier molecular flexibility index (Phi) is 4.51. The largest absolute Gasteiger partial charge is 0.870 e. The third-order valence-electron chi connectivity index (χ3n) is 3.80. The highest BCUT2D eigenvalue weighted by atomic mass is 16.0. The second kappa shape index (κ2) is 5.46. The van der Waals surface area contributed by atoms with Gasteiger partial charge in [-0.1, -0.05) is 19.1 Å². The van der Waals surface area contributed by atoms with E-state index < -0.39 is 0 Å². The second-order valence-corrected chi connectivity index (χ2v) is 4.62. The fourth-order valence-electron chi connectivity index (χ4n) is 2.82. The van der Waals surface area contributed by atoms with Gasteiger partial charge in [-0.3, -0.25) is 0 Å². The molecule has 0 radical (unpaired) electrons. The highest BCUT2D eigenvalue weighted by Gasteiger charge is 2.24. The van der Waals surface area contributed by atoms with E-state index in [1.807, 2.05) is 0 Å². The molecule has 0 saturated heterocycles. The van der Waals surface area contributed by atoms with Crippen LogP contribution < -0.4 is 4.90 Å². The zero-order valence-electron chi connectivity index (χ0n) is 10.6. The maximum Gasteiger partial charge on any atom is 0.134 e. The smallest absolute Gasteiger partial charge is 0.134 e. The van der Waals surface area contributed by atoms with Gasteiger partial charge in [-0.15, -0.1) is 0 Å². The first-order chi connectivity index (χ1) is 7.27. The Hall–Kier alpha value is -0.860. The van der Waals surface area contributed by atoms with Gasteiger partial charge in [-0.2, -0.15) is 0 Å². The molecule has 2 N–H and O–H groups in total. The first kappa shape index (κ1) is 13.2. The van der Waals surface area contributed by atoms with Crippen LogP contribution in [0.5, 0.6) is 0 Å². The summed E-state index contributed by atoms with van der Waals surface area (Å²) in [6, 6.07) is 6.87. The SMILES string of the molecule is CC[NH+](CC)c1cccc2c1CCC2C.[OH-]. The van der Waals surface area contributed by atoms with Gasteiger partial charge in [0, 0.05) is 5.56 Å². The first-order valence-corrected chi connectivity index (χ1v) is 6.24. The summed E-state index contributed by atoms with van der Waals surface area (Å²) >= 11 is 0. The zero-order chi connectivity index (χ0) is 10.8. The summed E-state index contributed by atoms with van der Waals surface area (Å²) in [7, 11) is 0. The average Bonchev–Trinajstić information content (AvgIpc) is 2.64. The molecule has 0 aliphatic heterocycles. The number of fused-ring (bicyclic) bond motifs is 1. The van der Waals surface area contributed by atoms with Crippen LogP contribution in [0.15, 0.2) is 18.2 Å². The van der Waals surface area contributed by atoms with Crippen LogP contribution in [0.2, 0.25) is 0 Å². The highest BCUT2D eigenvalue weighted by Crippen LogP contribution is 2.35. The second-order valence-electron chi connectivity index (χ2n) is 4.62. The van der Waals surface area contributed by atoms with E-state index in [9.17, 15) is 0 Å². The lowest BCUT2D eigenvalue weighted by molar-refractivity contribution is -0.828. The van der Waals surface area contributed by atoms with Crippen molar-refractivity contribution >= 4 is 5.69 Å². The van der Waals surface area contributed by atoms with E-state index in [0.717, 1.165) is 5.92 Å². The van der Waals surface area contributed by atoms with Gasteiger partial charge in [0.15, 0.2) is 0 Å². The van der Waals surface area contributed by atoms with Crippen LogP contribution >= 0.6 is 0 Å². The summed E-state index contributed by atoms with van der Waals surface area (Å²) in [5.41, 5.74) is 4.80. The van der Waals surface area contributed by atoms with E-state index in [0.29, 0.717) is 0 Å². The predicted molar refractivity (Wildman–Crippen MR) is 66.8 cm³/mol. The van der Waals surface area contributed by atoms with Crippen molar-refractivity contribution in [1.29, 1.82) is 0 Å². The molecular formula is C14H23NO. The summed E-state index contributed by atoms with van der Waals surface area (Å²) in [6.45, 7) is 9.29. The number of quaternary nitrogens is 1. The standard InChI is InChI=1S/C14H21N.H2O/c1-4-15(5-2)14-8-6-7-12-11(3)9-10-13(12)14;/h6-8,11H,4-5,9-10H2,1-3H3;1H2. The fraction of sp³-hybridized carbons (Fsp3) is 0.571. The molecule has 1 atom stereocenters. The average molecular weight is 221 g/mol. The van der Waals surface area contributed by atoms with Crippen LogP contribution in [0, 0.1) is 0 Å². The number of nitrogens with one attached hydrogen (secondary N) is 1. The van der Waals surface area contributed by atoms with Gasteiger partial charge < -0.3 is 10.4 Å². The number of hydrogen-bond acceptors (Lipinski definition) is 1. The molecule has 0 amide bonds. The Morgan fingerprint density at radius 3 is 2.56 bits per heavy atom. The van der Waals surface area contributed by atoms with Gasteiger partial charge in [-0.05, 0) is 44.2 Å². The van der Waals surface area contributed by atoms with Crippen LogP contribution in [0.1, 0.15) is 44.2 Å². The molecule has 0 saturated carbocycles. The van der Waals surface area contributed by atoms with Crippen LogP contribution in [-0.2, 0) is 6.42 Å². The molecule has 1 aromatic rings. The summed E-state index contributed by atoms with van der Waals surface area (Å²) in [4.78, 5) is 1.63. The molecular weight excluding hydrogens is 198 g/mol. The van der Waals surface area contributed by atoms with Crippen molar-refractivity contribution in [3.63, 3.8) is 0 Å². The van der Waals surface area contributed by atoms with E-state index in [1.54, 1.807) is 21.7 Å². The fourth-order valence-corrected chi connectivity index (χ4v) is 2.82. The van der Waals surface area contributed by atoms with Crippen molar-refractivity contribution in [3.05, 3.63) is 29.3 Å². The topological polar surface area (TPSA) is 34.4 Å². The quantitative estimate of drug-likeness (QED) is 0.833. The molecule has 0 fully saturated rings. The molecule has 1 unspecified atom stereocenters. The van der Waals surface area contributed by atoms with Crippen molar-refractivity contribution in [1.82, 2.24) is 0 Å². The Labute approximate surface area is 98.6 Å². The molecule has 1 aliphatic carbocycles. The van der Waals surface area contributed by atoms with Crippen molar-refractivity contribution in [3.8, 4) is 0 Å². The molecule has 0 bridgehead atoms. The van der Waals surface area contributed by atoms with Gasteiger partial charge in [-0.25, -0.2) is 0 Å². The minimum absolute atomic E-state index is 0. The lowest BCUT2D eigenvalue weighted by Crippen LogP contribution is -3.06. The molecule has 0 aromatic heterocycles. The van der Waals surface area contributed by atoms with Gasteiger partial charge in [0.1, 0.15) is 5.69 Å². The van der Waals surface area contributed by atoms with Gasteiger partial charge >= 0.3 is 0 Å². The van der Waals surface area contributed by atoms with Crippen molar-refractivity contribution in [2.75, 3.05) is 13.1 Å². The highest BCUT2D eigenvalue weighted by molar-refractivity contribution is 5.49. The molecule has 16 heavy (non-hydrogen) atoms. The number of benzene rings is 1. The third-order valence-corrected chi connectivity index (χ3v) is 3.80. The first-order valence-electron chi connectivity index (χ1n) is 6.24. The predicted octanol–water partition coefficient (Wildman–Crippen LogP) is 2.12. The van der Waals surface area contributed by atoms with E-state index >= 15 is 0 Å². The van der Waals surface area contributed by atoms with Crippen LogP contribution in [0.3, 0.4) is 0 Å². The minimum atomic E-state index is 0. The Balaban J connectivity index is 0.00000128. The summed E-state index contributed by atoms with van der Waals surface area (Å²) < 4.78 is 0. The normalized spacial score (nSPS) is 18.4. The summed E-state index contributed by atoms with van der Waals surface area (Å²) in [6.07, 6.45) is 2.63. The maximum atomic E-state index is 2.35. The van der Waals surface area contributed by atoms with Gasteiger partial charge in [0.25, 0.3) is 0 Å². The van der Waals surface area contributed by atoms with Gasteiger partial charge in [0.2, 0.25) is 0 Å². The lowest BCUT2D eigenvalue weighted by Gasteiger charge is -2.18. The minimum Gasteiger partial charge on any atom is -0.870 e. The van der Waals surface area contributed by atoms with E-state index in [4.69, 9.17) is 0 Å². The zero-order valence-corrected chi connectivity index (χ0v) is 10.6. The van der Waals surface area contributed by atoms with Crippen molar-refractivity contribution in [2.45, 2.75) is 39.5 Å². The lowest BCUT2D eigenvalue weighted by atomic mass is 10.0. The molecule has 90 valence electrons. The Bertz CT molecular complexity index is 345. The van der Waals surface area contributed by atoms with E-state index in [2.05, 4.69) is 39.0 Å². The van der Waals surface area contributed by atoms with Crippen LogP contribution in [0.25, 0.3) is 0 Å². The Morgan fingerprint density at radius 2 is 1.94 bits per heavy atom. The molecule has 2 nitrogen and oxygen atoms in total. The van der Waals surface area contributed by atoms with Gasteiger partial charge in [0.05, 0.1) is 13.1 Å². The molecule has 0 spiro atoms. The number of rotatable bonds is 3. The Morgan fingerprint density at radius 1 is 1.25 bits per heavy atom. The molecule has 2 heteroatoms. The molecule has 0 heterocycles. The van der Waals surface area contributed by atoms with Crippen LogP contribution in [-0.4, -0.2) is 18.6 Å². The molecule has 1 aliphatic rings. The maximum absolute atomic E-state index is 2.35. The van der Waals surface area contributed by atoms with Crippen molar-refractivity contribution in [2.24, 2.45) is 0 Å². The van der Waals surface area contributed by atoms with Crippen LogP contribution in [0.4, 0.5) is 5.69 Å². The van der Waals surface area contributed by atoms with Crippen molar-refractivity contribution < 1.29 is 10.4 Å². The summed E-state index contributed by atoms with van der Waals surface area (Å²) in [5.74, 6) is 0.773. The third kappa shape index (κ3) is 2.13. The summed E-state index contributed by atoms with van der Waals surface area (Å²) in [5, 5.41) is 0.